The summed E-state index contributed by atoms with van der Waals surface area (Å²) >= 11 is 0. The molecule has 33 heavy (non-hydrogen) atoms. The molecule has 0 bridgehead atoms. The Labute approximate surface area is 193 Å². The van der Waals surface area contributed by atoms with Gasteiger partial charge in [0.2, 0.25) is 15.8 Å². The summed E-state index contributed by atoms with van der Waals surface area (Å²) in [6.45, 7) is 1.42. The van der Waals surface area contributed by atoms with Crippen LogP contribution in [0.1, 0.15) is 12.0 Å². The zero-order valence-electron chi connectivity index (χ0n) is 18.3. The maximum atomic E-state index is 13.5. The van der Waals surface area contributed by atoms with Gasteiger partial charge in [-0.1, -0.05) is 33.5 Å². The zero-order chi connectivity index (χ0) is 23.8. The van der Waals surface area contributed by atoms with Gasteiger partial charge in [-0.05, 0) is 41.8 Å². The molecular weight excluding hydrogens is 469 g/mol. The second kappa shape index (κ2) is 9.04. The molecular formula is C21H25F2N6O2PS. The Kier molecular flexibility index (Phi) is 6.48. The Hall–Kier alpha value is -2.49. The van der Waals surface area contributed by atoms with Crippen molar-refractivity contribution in [3.8, 4) is 11.4 Å². The van der Waals surface area contributed by atoms with Gasteiger partial charge in [-0.25, -0.2) is 12.7 Å². The molecule has 1 fully saturated rings. The van der Waals surface area contributed by atoms with Crippen molar-refractivity contribution < 1.29 is 17.2 Å². The topological polar surface area (TPSA) is 84.2 Å². The number of anilines is 2. The first kappa shape index (κ1) is 23.7. The molecule has 3 aromatic rings. The average Bonchev–Trinajstić information content (AvgIpc) is 3.43. The van der Waals surface area contributed by atoms with Crippen molar-refractivity contribution in [1.82, 2.24) is 24.5 Å². The Balaban J connectivity index is 1.53. The molecule has 1 aliphatic heterocycles. The highest BCUT2D eigenvalue weighted by Crippen LogP contribution is 2.37. The van der Waals surface area contributed by atoms with Gasteiger partial charge in [0.05, 0.1) is 18.5 Å². The highest BCUT2D eigenvalue weighted by molar-refractivity contribution is 7.88. The SMILES string of the molecule is CN(c1ccc(C(F)(F)P)cc1)c1ccccc1-c1nnn(CC2CCN(S(C)(=O)=O)C2)n1. The molecule has 4 rings (SSSR count). The van der Waals surface area contributed by atoms with Crippen LogP contribution >= 0.6 is 9.24 Å². The fraction of sp³-hybridized carbons (Fsp3) is 0.381. The second-order valence-electron chi connectivity index (χ2n) is 8.19. The first-order valence-electron chi connectivity index (χ1n) is 10.4. The van der Waals surface area contributed by atoms with Crippen molar-refractivity contribution in [1.29, 1.82) is 0 Å². The Morgan fingerprint density at radius 3 is 2.52 bits per heavy atom. The van der Waals surface area contributed by atoms with Gasteiger partial charge in [-0.15, -0.1) is 10.2 Å². The molecule has 2 heterocycles. The largest absolute Gasteiger partial charge is 0.344 e. The van der Waals surface area contributed by atoms with E-state index in [9.17, 15) is 17.2 Å². The Morgan fingerprint density at radius 2 is 1.88 bits per heavy atom. The number of alkyl halides is 2. The second-order valence-corrected chi connectivity index (χ2v) is 10.9. The molecule has 0 N–H and O–H groups in total. The highest BCUT2D eigenvalue weighted by Gasteiger charge is 2.29. The Morgan fingerprint density at radius 1 is 1.18 bits per heavy atom. The molecule has 0 saturated carbocycles. The van der Waals surface area contributed by atoms with Crippen molar-refractivity contribution in [2.45, 2.75) is 18.6 Å². The van der Waals surface area contributed by atoms with Crippen LogP contribution in [0.2, 0.25) is 0 Å². The standard InChI is InChI=1S/C21H25F2N6O2PS/c1-27(17-9-7-16(8-10-17)21(22,23)32)19-6-4-3-5-18(19)20-24-26-29(25-20)14-15-11-12-28(13-15)33(2,30)31/h3-10,15H,11-14,32H2,1-2H3. The van der Waals surface area contributed by atoms with Gasteiger partial charge in [0, 0.05) is 37.0 Å². The van der Waals surface area contributed by atoms with E-state index in [0.717, 1.165) is 23.4 Å². The van der Waals surface area contributed by atoms with Crippen LogP contribution in [0.4, 0.5) is 20.2 Å². The van der Waals surface area contributed by atoms with E-state index < -0.39 is 15.7 Å². The first-order chi connectivity index (χ1) is 15.5. The van der Waals surface area contributed by atoms with Gasteiger partial charge < -0.3 is 4.90 Å². The van der Waals surface area contributed by atoms with Crippen LogP contribution in [0, 0.1) is 5.92 Å². The van der Waals surface area contributed by atoms with E-state index in [0.29, 0.717) is 25.5 Å². The molecule has 2 unspecified atom stereocenters. The van der Waals surface area contributed by atoms with Crippen molar-refractivity contribution in [2.24, 2.45) is 5.92 Å². The molecule has 2 atom stereocenters. The van der Waals surface area contributed by atoms with Gasteiger partial charge in [0.1, 0.15) is 0 Å². The smallest absolute Gasteiger partial charge is 0.283 e. The summed E-state index contributed by atoms with van der Waals surface area (Å²) in [6, 6.07) is 13.6. The molecule has 1 aliphatic rings. The lowest BCUT2D eigenvalue weighted by Crippen LogP contribution is -2.28. The van der Waals surface area contributed by atoms with Gasteiger partial charge in [-0.3, -0.25) is 0 Å². The number of benzene rings is 2. The summed E-state index contributed by atoms with van der Waals surface area (Å²) in [6.07, 6.45) is 1.96. The fourth-order valence-electron chi connectivity index (χ4n) is 3.91. The van der Waals surface area contributed by atoms with E-state index in [2.05, 4.69) is 15.4 Å². The number of halogens is 2. The predicted octanol–water partition coefficient (Wildman–Crippen LogP) is 3.31. The van der Waals surface area contributed by atoms with Crippen molar-refractivity contribution in [2.75, 3.05) is 31.3 Å². The molecule has 176 valence electrons. The lowest BCUT2D eigenvalue weighted by atomic mass is 10.1. The van der Waals surface area contributed by atoms with Gasteiger partial charge in [-0.2, -0.15) is 13.6 Å². The molecule has 8 nitrogen and oxygen atoms in total. The van der Waals surface area contributed by atoms with Crippen LogP contribution in [-0.2, 0) is 22.2 Å². The summed E-state index contributed by atoms with van der Waals surface area (Å²) < 4.78 is 52.0. The maximum absolute atomic E-state index is 13.5. The number of tetrazole rings is 1. The Bertz CT molecular complexity index is 1230. The predicted molar refractivity (Wildman–Crippen MR) is 126 cm³/mol. The summed E-state index contributed by atoms with van der Waals surface area (Å²) in [7, 11) is 0.186. The van der Waals surface area contributed by atoms with Crippen LogP contribution < -0.4 is 4.90 Å². The molecule has 0 spiro atoms. The van der Waals surface area contributed by atoms with Gasteiger partial charge in [0.25, 0.3) is 5.66 Å². The van der Waals surface area contributed by atoms with E-state index >= 15 is 0 Å². The molecule has 1 saturated heterocycles. The summed E-state index contributed by atoms with van der Waals surface area (Å²) in [5, 5.41) is 12.9. The van der Waals surface area contributed by atoms with E-state index in [4.69, 9.17) is 0 Å². The number of para-hydroxylation sites is 1. The van der Waals surface area contributed by atoms with Crippen LogP contribution in [0.3, 0.4) is 0 Å². The fourth-order valence-corrected chi connectivity index (χ4v) is 5.02. The van der Waals surface area contributed by atoms with E-state index in [1.54, 1.807) is 21.4 Å². The van der Waals surface area contributed by atoms with Gasteiger partial charge >= 0.3 is 0 Å². The number of aromatic nitrogens is 4. The summed E-state index contributed by atoms with van der Waals surface area (Å²) in [5.74, 6) is 0.552. The normalized spacial score (nSPS) is 17.4. The molecule has 12 heteroatoms. The third-order valence-electron chi connectivity index (χ3n) is 5.74. The minimum Gasteiger partial charge on any atom is -0.344 e. The molecule has 1 aromatic heterocycles. The van der Waals surface area contributed by atoms with Gasteiger partial charge in [0.15, 0.2) is 0 Å². The number of nitrogens with zero attached hydrogens (tertiary/aromatic N) is 6. The number of sulfonamides is 1. The maximum Gasteiger partial charge on any atom is 0.283 e. The van der Waals surface area contributed by atoms with Crippen molar-refractivity contribution in [3.05, 3.63) is 54.1 Å². The van der Waals surface area contributed by atoms with E-state index in [1.165, 1.54) is 27.5 Å². The van der Waals surface area contributed by atoms with Crippen molar-refractivity contribution >= 4 is 30.6 Å². The lowest BCUT2D eigenvalue weighted by molar-refractivity contribution is 0.104. The van der Waals surface area contributed by atoms with Crippen molar-refractivity contribution in [3.63, 3.8) is 0 Å². The molecule has 0 aliphatic carbocycles. The van der Waals surface area contributed by atoms with Crippen LogP contribution in [0.15, 0.2) is 48.5 Å². The third-order valence-corrected chi connectivity index (χ3v) is 7.34. The molecule has 0 amide bonds. The zero-order valence-corrected chi connectivity index (χ0v) is 20.2. The van der Waals surface area contributed by atoms with Crippen LogP contribution in [0.5, 0.6) is 0 Å². The van der Waals surface area contributed by atoms with Crippen LogP contribution in [-0.4, -0.2) is 59.3 Å². The number of hydrogen-bond acceptors (Lipinski definition) is 6. The molecule has 2 aromatic carbocycles. The average molecular weight is 495 g/mol. The number of hydrogen-bond donors (Lipinski definition) is 0. The first-order valence-corrected chi connectivity index (χ1v) is 12.8. The van der Waals surface area contributed by atoms with Crippen LogP contribution in [0.25, 0.3) is 11.4 Å². The monoisotopic (exact) mass is 494 g/mol. The highest BCUT2D eigenvalue weighted by atomic mass is 32.2. The third kappa shape index (κ3) is 5.37. The summed E-state index contributed by atoms with van der Waals surface area (Å²) in [5.41, 5.74) is -0.777. The van der Waals surface area contributed by atoms with E-state index in [-0.39, 0.29) is 11.5 Å². The quantitative estimate of drug-likeness (QED) is 0.469. The van der Waals surface area contributed by atoms with E-state index in [1.807, 2.05) is 36.2 Å². The minimum absolute atomic E-state index is 0.0797. The molecule has 0 radical (unpaired) electrons. The number of rotatable bonds is 7. The summed E-state index contributed by atoms with van der Waals surface area (Å²) in [4.78, 5) is 3.38. The lowest BCUT2D eigenvalue weighted by Gasteiger charge is -2.22. The minimum atomic E-state index is -3.20.